The van der Waals surface area contributed by atoms with Crippen molar-refractivity contribution in [1.29, 1.82) is 0 Å². The maximum absolute atomic E-state index is 12.0. The normalized spacial score (nSPS) is 11.1. The second-order valence-corrected chi connectivity index (χ2v) is 5.71. The van der Waals surface area contributed by atoms with E-state index in [9.17, 15) is 13.2 Å². The first kappa shape index (κ1) is 12.5. The molecule has 0 saturated carbocycles. The van der Waals surface area contributed by atoms with Gasteiger partial charge in [-0.1, -0.05) is 6.07 Å². The van der Waals surface area contributed by atoms with Crippen molar-refractivity contribution in [3.63, 3.8) is 0 Å². The minimum atomic E-state index is -3.79. The SMILES string of the molecule is NC(=O)c1cccc(S(=O)(=O)Nc2ncns2)c1. The van der Waals surface area contributed by atoms with Gasteiger partial charge in [-0.25, -0.2) is 13.4 Å². The van der Waals surface area contributed by atoms with Crippen LogP contribution in [0.25, 0.3) is 0 Å². The zero-order chi connectivity index (χ0) is 13.2. The third-order valence-electron chi connectivity index (χ3n) is 2.01. The molecule has 9 heteroatoms. The number of nitrogens with two attached hydrogens (primary N) is 1. The molecule has 18 heavy (non-hydrogen) atoms. The number of carbonyl (C=O) groups is 1. The van der Waals surface area contributed by atoms with Crippen LogP contribution in [0.3, 0.4) is 0 Å². The summed E-state index contributed by atoms with van der Waals surface area (Å²) in [6, 6.07) is 5.43. The molecule has 7 nitrogen and oxygen atoms in total. The number of benzene rings is 1. The molecule has 1 aromatic carbocycles. The summed E-state index contributed by atoms with van der Waals surface area (Å²) in [7, 11) is -3.79. The number of nitrogens with zero attached hydrogens (tertiary/aromatic N) is 2. The van der Waals surface area contributed by atoms with E-state index in [1.165, 1.54) is 30.6 Å². The Kier molecular flexibility index (Phi) is 3.26. The molecule has 3 N–H and O–H groups in total. The maximum atomic E-state index is 12.0. The van der Waals surface area contributed by atoms with Crippen LogP contribution in [0.4, 0.5) is 5.13 Å². The van der Waals surface area contributed by atoms with Gasteiger partial charge < -0.3 is 5.73 Å². The zero-order valence-corrected chi connectivity index (χ0v) is 10.5. The highest BCUT2D eigenvalue weighted by Gasteiger charge is 2.16. The largest absolute Gasteiger partial charge is 0.366 e. The number of hydrogen-bond acceptors (Lipinski definition) is 6. The Hall–Kier alpha value is -2.00. The van der Waals surface area contributed by atoms with Crippen molar-refractivity contribution < 1.29 is 13.2 Å². The number of anilines is 1. The van der Waals surface area contributed by atoms with Gasteiger partial charge in [-0.2, -0.15) is 4.37 Å². The van der Waals surface area contributed by atoms with Gasteiger partial charge in [0.2, 0.25) is 11.0 Å². The molecule has 1 aromatic heterocycles. The summed E-state index contributed by atoms with van der Waals surface area (Å²) in [6.07, 6.45) is 1.24. The second kappa shape index (κ2) is 4.70. The summed E-state index contributed by atoms with van der Waals surface area (Å²) in [5.41, 5.74) is 5.21. The van der Waals surface area contributed by atoms with Gasteiger partial charge in [0.1, 0.15) is 6.33 Å². The number of carbonyl (C=O) groups excluding carboxylic acids is 1. The minimum absolute atomic E-state index is 0.0611. The number of amides is 1. The van der Waals surface area contributed by atoms with Crippen molar-refractivity contribution in [2.45, 2.75) is 4.90 Å². The molecule has 0 aliphatic rings. The number of aromatic nitrogens is 2. The van der Waals surface area contributed by atoms with Crippen LogP contribution < -0.4 is 10.5 Å². The molecule has 0 bridgehead atoms. The molecule has 0 fully saturated rings. The lowest BCUT2D eigenvalue weighted by Crippen LogP contribution is -2.15. The Bertz CT molecular complexity index is 667. The quantitative estimate of drug-likeness (QED) is 0.845. The van der Waals surface area contributed by atoms with E-state index in [1.54, 1.807) is 0 Å². The summed E-state index contributed by atoms with van der Waals surface area (Å²) in [5, 5.41) is 0.152. The van der Waals surface area contributed by atoms with Gasteiger partial charge in [-0.05, 0) is 18.2 Å². The third-order valence-corrected chi connectivity index (χ3v) is 4.06. The maximum Gasteiger partial charge on any atom is 0.263 e. The summed E-state index contributed by atoms with van der Waals surface area (Å²) < 4.78 is 29.8. The summed E-state index contributed by atoms with van der Waals surface area (Å²) >= 11 is 0.912. The monoisotopic (exact) mass is 284 g/mol. The fourth-order valence-corrected chi connectivity index (χ4v) is 2.92. The second-order valence-electron chi connectivity index (χ2n) is 3.24. The van der Waals surface area contributed by atoms with Crippen molar-refractivity contribution in [2.75, 3.05) is 4.72 Å². The number of hydrogen-bond donors (Lipinski definition) is 2. The summed E-state index contributed by atoms with van der Waals surface area (Å²) in [4.78, 5) is 14.6. The highest BCUT2D eigenvalue weighted by molar-refractivity contribution is 7.93. The van der Waals surface area contributed by atoms with Crippen LogP contribution in [-0.4, -0.2) is 23.7 Å². The van der Waals surface area contributed by atoms with Crippen molar-refractivity contribution in [3.8, 4) is 0 Å². The van der Waals surface area contributed by atoms with Crippen LogP contribution in [0.5, 0.6) is 0 Å². The predicted octanol–water partition coefficient (Wildman–Crippen LogP) is 0.438. The summed E-state index contributed by atoms with van der Waals surface area (Å²) in [5.74, 6) is -0.692. The van der Waals surface area contributed by atoms with Crippen LogP contribution in [0, 0.1) is 0 Å². The van der Waals surface area contributed by atoms with E-state index in [1.807, 2.05) is 0 Å². The number of primary amides is 1. The summed E-state index contributed by atoms with van der Waals surface area (Å²) in [6.45, 7) is 0. The zero-order valence-electron chi connectivity index (χ0n) is 8.90. The predicted molar refractivity (Wildman–Crippen MR) is 65.7 cm³/mol. The van der Waals surface area contributed by atoms with Gasteiger partial charge in [0, 0.05) is 17.1 Å². The molecular weight excluding hydrogens is 276 g/mol. The smallest absolute Gasteiger partial charge is 0.263 e. The van der Waals surface area contributed by atoms with E-state index in [0.717, 1.165) is 11.5 Å². The van der Waals surface area contributed by atoms with E-state index < -0.39 is 15.9 Å². The van der Waals surface area contributed by atoms with Crippen LogP contribution in [0.1, 0.15) is 10.4 Å². The van der Waals surface area contributed by atoms with Gasteiger partial charge in [0.05, 0.1) is 4.90 Å². The first-order chi connectivity index (χ1) is 8.49. The minimum Gasteiger partial charge on any atom is -0.366 e. The standard InChI is InChI=1S/C9H8N4O3S2/c10-8(14)6-2-1-3-7(4-6)18(15,16)13-9-11-5-12-17-9/h1-5H,(H2,10,14)(H,11,12,13). The molecule has 94 valence electrons. The third kappa shape index (κ3) is 2.63. The Morgan fingerprint density at radius 3 is 2.78 bits per heavy atom. The van der Waals surface area contributed by atoms with Gasteiger partial charge in [-0.3, -0.25) is 9.52 Å². The Balaban J connectivity index is 2.35. The topological polar surface area (TPSA) is 115 Å². The molecule has 0 saturated heterocycles. The van der Waals surface area contributed by atoms with Gasteiger partial charge in [0.15, 0.2) is 0 Å². The van der Waals surface area contributed by atoms with E-state index in [2.05, 4.69) is 14.1 Å². The van der Waals surface area contributed by atoms with E-state index in [-0.39, 0.29) is 15.6 Å². The number of rotatable bonds is 4. The van der Waals surface area contributed by atoms with E-state index in [4.69, 9.17) is 5.73 Å². The molecular formula is C9H8N4O3S2. The highest BCUT2D eigenvalue weighted by atomic mass is 32.2. The van der Waals surface area contributed by atoms with Crippen molar-refractivity contribution >= 4 is 32.6 Å². The fraction of sp³-hybridized carbons (Fsp3) is 0. The molecule has 0 aliphatic carbocycles. The van der Waals surface area contributed by atoms with Crippen molar-refractivity contribution in [1.82, 2.24) is 9.36 Å². The number of sulfonamides is 1. The number of nitrogens with one attached hydrogen (secondary N) is 1. The first-order valence-corrected chi connectivity index (χ1v) is 6.94. The lowest BCUT2D eigenvalue weighted by molar-refractivity contribution is 0.1000. The van der Waals surface area contributed by atoms with Gasteiger partial charge in [-0.15, -0.1) is 0 Å². The van der Waals surface area contributed by atoms with Crippen LogP contribution >= 0.6 is 11.5 Å². The van der Waals surface area contributed by atoms with Crippen LogP contribution in [-0.2, 0) is 10.0 Å². The molecule has 0 aliphatic heterocycles. The highest BCUT2D eigenvalue weighted by Crippen LogP contribution is 2.17. The lowest BCUT2D eigenvalue weighted by atomic mass is 10.2. The van der Waals surface area contributed by atoms with E-state index in [0.29, 0.717) is 0 Å². The first-order valence-electron chi connectivity index (χ1n) is 4.68. The molecule has 2 rings (SSSR count). The van der Waals surface area contributed by atoms with E-state index >= 15 is 0 Å². The van der Waals surface area contributed by atoms with Gasteiger partial charge >= 0.3 is 0 Å². The molecule has 0 spiro atoms. The molecule has 0 atom stereocenters. The Morgan fingerprint density at radius 2 is 2.17 bits per heavy atom. The van der Waals surface area contributed by atoms with Gasteiger partial charge in [0.25, 0.3) is 10.0 Å². The van der Waals surface area contributed by atoms with Crippen molar-refractivity contribution in [2.24, 2.45) is 5.73 Å². The van der Waals surface area contributed by atoms with Crippen molar-refractivity contribution in [3.05, 3.63) is 36.2 Å². The van der Waals surface area contributed by atoms with Crippen LogP contribution in [0.2, 0.25) is 0 Å². The molecule has 2 aromatic rings. The molecule has 1 heterocycles. The fourth-order valence-electron chi connectivity index (χ4n) is 1.21. The average molecular weight is 284 g/mol. The lowest BCUT2D eigenvalue weighted by Gasteiger charge is -2.05. The Labute approximate surface area is 107 Å². The Morgan fingerprint density at radius 1 is 1.39 bits per heavy atom. The average Bonchev–Trinajstić information content (AvgIpc) is 2.81. The molecule has 0 radical (unpaired) electrons. The van der Waals surface area contributed by atoms with Crippen LogP contribution in [0.15, 0.2) is 35.5 Å². The molecule has 0 unspecified atom stereocenters. The molecule has 1 amide bonds.